The summed E-state index contributed by atoms with van der Waals surface area (Å²) in [5.41, 5.74) is 14.1. The molecule has 2 aliphatic heterocycles. The van der Waals surface area contributed by atoms with Gasteiger partial charge in [0.1, 0.15) is 0 Å². The summed E-state index contributed by atoms with van der Waals surface area (Å²) < 4.78 is 13.2. The van der Waals surface area contributed by atoms with Gasteiger partial charge in [0, 0.05) is 49.8 Å². The minimum Gasteiger partial charge on any atom is -0.448 e. The number of nitrogens with two attached hydrogens (primary N) is 1. The van der Waals surface area contributed by atoms with Gasteiger partial charge in [0.25, 0.3) is 11.3 Å². The van der Waals surface area contributed by atoms with Gasteiger partial charge in [-0.3, -0.25) is 9.69 Å². The third-order valence-electron chi connectivity index (χ3n) is 8.22. The van der Waals surface area contributed by atoms with Crippen molar-refractivity contribution in [2.45, 2.75) is 91.6 Å². The number of nitrogens with one attached hydrogen (secondary N) is 1. The van der Waals surface area contributed by atoms with Crippen LogP contribution >= 0.6 is 0 Å². The summed E-state index contributed by atoms with van der Waals surface area (Å²) >= 11 is 0. The summed E-state index contributed by atoms with van der Waals surface area (Å²) in [4.78, 5) is 17.9. The summed E-state index contributed by atoms with van der Waals surface area (Å²) in [6, 6.07) is 2.36. The number of benzene rings is 1. The molecule has 3 aliphatic rings. The second kappa shape index (κ2) is 8.17. The number of aromatic amines is 1. The first-order valence-electron chi connectivity index (χ1n) is 12.4. The molecule has 1 aromatic heterocycles. The van der Waals surface area contributed by atoms with E-state index in [0.29, 0.717) is 18.5 Å². The highest BCUT2D eigenvalue weighted by molar-refractivity contribution is 5.61. The van der Waals surface area contributed by atoms with Gasteiger partial charge >= 0.3 is 0 Å². The molecule has 0 bridgehead atoms. The topological polar surface area (TPSA) is 80.6 Å². The van der Waals surface area contributed by atoms with E-state index < -0.39 is 5.79 Å². The Morgan fingerprint density at radius 2 is 1.70 bits per heavy atom. The highest BCUT2D eigenvalue weighted by atomic mass is 16.7. The summed E-state index contributed by atoms with van der Waals surface area (Å²) in [6.07, 6.45) is 5.11. The van der Waals surface area contributed by atoms with Gasteiger partial charge in [0.2, 0.25) is 0 Å². The largest absolute Gasteiger partial charge is 0.448 e. The van der Waals surface area contributed by atoms with Crippen LogP contribution in [0.5, 0.6) is 11.5 Å². The molecule has 6 heteroatoms. The van der Waals surface area contributed by atoms with Crippen molar-refractivity contribution in [3.05, 3.63) is 55.5 Å². The van der Waals surface area contributed by atoms with Gasteiger partial charge in [-0.05, 0) is 93.7 Å². The zero-order valence-electron chi connectivity index (χ0n) is 20.6. The summed E-state index contributed by atoms with van der Waals surface area (Å²) in [5.74, 6) is 1.58. The monoisotopic (exact) mass is 451 g/mol. The predicted molar refractivity (Wildman–Crippen MR) is 130 cm³/mol. The maximum Gasteiger partial charge on any atom is 0.252 e. The fraction of sp³-hybridized carbons (Fsp3) is 0.593. The minimum absolute atomic E-state index is 0.0276. The molecule has 0 amide bonds. The third kappa shape index (κ3) is 3.87. The lowest BCUT2D eigenvalue weighted by molar-refractivity contribution is -0.121. The lowest BCUT2D eigenvalue weighted by atomic mass is 9.81. The van der Waals surface area contributed by atoms with E-state index in [9.17, 15) is 4.79 Å². The van der Waals surface area contributed by atoms with Gasteiger partial charge in [-0.15, -0.1) is 0 Å². The maximum atomic E-state index is 12.6. The van der Waals surface area contributed by atoms with Crippen LogP contribution in [0.15, 0.2) is 10.9 Å². The van der Waals surface area contributed by atoms with Gasteiger partial charge in [0.05, 0.1) is 0 Å². The van der Waals surface area contributed by atoms with Crippen molar-refractivity contribution < 1.29 is 9.47 Å². The third-order valence-corrected chi connectivity index (χ3v) is 8.22. The molecule has 1 aromatic carbocycles. The standard InChI is InChI=1S/C27H37N3O3/c1-15-12-16(2)29-26(31)22(15)13-30-11-10-21-17(3)24-25(18(4)23(21)14-30)33-27(5,32-24)19-6-8-20(28)9-7-19/h12,19-20H,6-11,13-14,28H2,1-5H3,(H,29,31). The Morgan fingerprint density at radius 1 is 1.06 bits per heavy atom. The quantitative estimate of drug-likeness (QED) is 0.732. The van der Waals surface area contributed by atoms with E-state index in [1.807, 2.05) is 13.8 Å². The number of H-pyrrole nitrogens is 1. The molecule has 1 aliphatic carbocycles. The van der Waals surface area contributed by atoms with Crippen molar-refractivity contribution >= 4 is 0 Å². The van der Waals surface area contributed by atoms with Crippen LogP contribution in [0.25, 0.3) is 0 Å². The molecule has 0 radical (unpaired) electrons. The fourth-order valence-corrected chi connectivity index (χ4v) is 6.11. The predicted octanol–water partition coefficient (Wildman–Crippen LogP) is 4.17. The van der Waals surface area contributed by atoms with E-state index >= 15 is 0 Å². The first-order chi connectivity index (χ1) is 15.7. The first-order valence-corrected chi connectivity index (χ1v) is 12.4. The van der Waals surface area contributed by atoms with Crippen LogP contribution in [0.4, 0.5) is 0 Å². The lowest BCUT2D eigenvalue weighted by Crippen LogP contribution is -2.46. The minimum atomic E-state index is -0.617. The van der Waals surface area contributed by atoms with Crippen molar-refractivity contribution in [3.8, 4) is 11.5 Å². The van der Waals surface area contributed by atoms with Crippen molar-refractivity contribution in [3.63, 3.8) is 0 Å². The number of aryl methyl sites for hydroxylation is 2. The molecule has 1 fully saturated rings. The van der Waals surface area contributed by atoms with Gasteiger partial charge in [0.15, 0.2) is 11.5 Å². The number of ether oxygens (including phenoxy) is 2. The van der Waals surface area contributed by atoms with Crippen LogP contribution in [-0.2, 0) is 19.5 Å². The second-order valence-corrected chi connectivity index (χ2v) is 10.6. The number of hydrogen-bond donors (Lipinski definition) is 2. The number of rotatable bonds is 3. The molecule has 1 unspecified atom stereocenters. The Hall–Kier alpha value is -2.31. The van der Waals surface area contributed by atoms with Crippen LogP contribution in [-0.4, -0.2) is 28.3 Å². The van der Waals surface area contributed by atoms with Crippen LogP contribution in [0.2, 0.25) is 0 Å². The lowest BCUT2D eigenvalue weighted by Gasteiger charge is -2.36. The smallest absolute Gasteiger partial charge is 0.252 e. The van der Waals surface area contributed by atoms with Crippen LogP contribution in [0.1, 0.15) is 71.7 Å². The molecule has 5 rings (SSSR count). The van der Waals surface area contributed by atoms with Crippen LogP contribution in [0.3, 0.4) is 0 Å². The molecule has 6 nitrogen and oxygen atoms in total. The Kier molecular flexibility index (Phi) is 5.57. The average molecular weight is 452 g/mol. The zero-order chi connectivity index (χ0) is 23.5. The maximum absolute atomic E-state index is 12.6. The highest BCUT2D eigenvalue weighted by Gasteiger charge is 2.47. The van der Waals surface area contributed by atoms with E-state index in [1.54, 1.807) is 0 Å². The molecule has 178 valence electrons. The Bertz CT molecular complexity index is 1150. The average Bonchev–Trinajstić information content (AvgIpc) is 3.14. The number of nitrogens with zero attached hydrogens (tertiary/aromatic N) is 1. The van der Waals surface area contributed by atoms with Crippen LogP contribution in [0, 0.1) is 33.6 Å². The molecule has 1 saturated carbocycles. The molecule has 3 heterocycles. The Balaban J connectivity index is 1.42. The van der Waals surface area contributed by atoms with Crippen molar-refractivity contribution in [1.29, 1.82) is 0 Å². The normalized spacial score (nSPS) is 27.0. The summed E-state index contributed by atoms with van der Waals surface area (Å²) in [6.45, 7) is 12.8. The molecule has 33 heavy (non-hydrogen) atoms. The van der Waals surface area contributed by atoms with Crippen LogP contribution < -0.4 is 20.8 Å². The van der Waals surface area contributed by atoms with Gasteiger partial charge in [-0.2, -0.15) is 0 Å². The number of pyridine rings is 1. The first kappa shape index (κ1) is 22.5. The highest BCUT2D eigenvalue weighted by Crippen LogP contribution is 2.51. The van der Waals surface area contributed by atoms with Gasteiger partial charge < -0.3 is 20.2 Å². The van der Waals surface area contributed by atoms with Crippen molar-refractivity contribution in [2.24, 2.45) is 11.7 Å². The molecule has 0 saturated heterocycles. The van der Waals surface area contributed by atoms with E-state index in [2.05, 4.69) is 36.7 Å². The molecule has 3 N–H and O–H groups in total. The summed E-state index contributed by atoms with van der Waals surface area (Å²) in [5, 5.41) is 0. The Morgan fingerprint density at radius 3 is 2.33 bits per heavy atom. The van der Waals surface area contributed by atoms with E-state index in [4.69, 9.17) is 15.2 Å². The SMILES string of the molecule is Cc1cc(C)c(CN2CCc3c(C)c4c(c(C)c3C2)OC(C)(C2CCC(N)CC2)O4)c(=O)[nH]1. The number of hydrogen-bond acceptors (Lipinski definition) is 5. The zero-order valence-corrected chi connectivity index (χ0v) is 20.6. The van der Waals surface area contributed by atoms with E-state index in [1.165, 1.54) is 22.3 Å². The molecular formula is C27H37N3O3. The molecule has 2 aromatic rings. The Labute approximate surface area is 196 Å². The number of fused-ring (bicyclic) bond motifs is 2. The molecule has 1 atom stereocenters. The van der Waals surface area contributed by atoms with E-state index in [0.717, 1.165) is 73.5 Å². The van der Waals surface area contributed by atoms with Gasteiger partial charge in [-0.1, -0.05) is 0 Å². The fourth-order valence-electron chi connectivity index (χ4n) is 6.11. The summed E-state index contributed by atoms with van der Waals surface area (Å²) in [7, 11) is 0. The van der Waals surface area contributed by atoms with Crippen molar-refractivity contribution in [1.82, 2.24) is 9.88 Å². The van der Waals surface area contributed by atoms with E-state index in [-0.39, 0.29) is 5.56 Å². The molecular weight excluding hydrogens is 414 g/mol. The van der Waals surface area contributed by atoms with Crippen molar-refractivity contribution in [2.75, 3.05) is 6.54 Å². The second-order valence-electron chi connectivity index (χ2n) is 10.6. The van der Waals surface area contributed by atoms with Gasteiger partial charge in [-0.25, -0.2) is 0 Å². The number of aromatic nitrogens is 1. The molecule has 0 spiro atoms.